The van der Waals surface area contributed by atoms with Gasteiger partial charge in [0.1, 0.15) is 6.04 Å². The van der Waals surface area contributed by atoms with Gasteiger partial charge in [0.15, 0.2) is 0 Å². The molecule has 0 aromatic heterocycles. The van der Waals surface area contributed by atoms with Gasteiger partial charge < -0.3 is 10.8 Å². The molecule has 1 atom stereocenters. The second-order valence-corrected chi connectivity index (χ2v) is 3.33. The molecule has 1 aromatic carbocycles. The molecule has 0 saturated carbocycles. The predicted octanol–water partition coefficient (Wildman–Crippen LogP) is 2.10. The lowest BCUT2D eigenvalue weighted by Crippen LogP contribution is -2.23. The summed E-state index contributed by atoms with van der Waals surface area (Å²) in [4.78, 5) is 10.6. The molecule has 0 aliphatic rings. The first kappa shape index (κ1) is 12.5. The third kappa shape index (κ3) is 2.33. The Morgan fingerprint density at radius 3 is 2.44 bits per heavy atom. The van der Waals surface area contributed by atoms with Crippen LogP contribution in [0, 0.1) is 6.92 Å². The number of halogens is 3. The van der Waals surface area contributed by atoms with Crippen LogP contribution in [0.3, 0.4) is 0 Å². The number of rotatable bonds is 2. The Kier molecular flexibility index (Phi) is 3.23. The number of carbonyl (C=O) groups is 1. The molecule has 1 rings (SSSR count). The fourth-order valence-corrected chi connectivity index (χ4v) is 1.43. The van der Waals surface area contributed by atoms with E-state index < -0.39 is 23.8 Å². The van der Waals surface area contributed by atoms with E-state index in [4.69, 9.17) is 10.8 Å². The van der Waals surface area contributed by atoms with Gasteiger partial charge in [0.25, 0.3) is 0 Å². The molecule has 0 amide bonds. The maximum absolute atomic E-state index is 12.5. The van der Waals surface area contributed by atoms with E-state index in [1.54, 1.807) is 0 Å². The first-order valence-corrected chi connectivity index (χ1v) is 4.40. The maximum atomic E-state index is 12.5. The van der Waals surface area contributed by atoms with E-state index in [0.717, 1.165) is 12.1 Å². The smallest absolute Gasteiger partial charge is 0.416 e. The predicted molar refractivity (Wildman–Crippen MR) is 50.7 cm³/mol. The molecule has 0 aliphatic heterocycles. The second kappa shape index (κ2) is 4.13. The van der Waals surface area contributed by atoms with Crippen LogP contribution in [0.4, 0.5) is 13.2 Å². The molecule has 0 heterocycles. The first-order valence-electron chi connectivity index (χ1n) is 4.40. The van der Waals surface area contributed by atoms with Crippen LogP contribution in [0.15, 0.2) is 18.2 Å². The third-order valence-electron chi connectivity index (χ3n) is 2.28. The standard InChI is InChI=1S/C10H10F3NO2/c1-5-6(8(14)9(15)16)3-2-4-7(5)10(11,12)13/h2-4,8H,14H2,1H3,(H,15,16)/t8-/m1/s1. The number of aliphatic carboxylic acids is 1. The van der Waals surface area contributed by atoms with Gasteiger partial charge in [-0.2, -0.15) is 13.2 Å². The zero-order valence-corrected chi connectivity index (χ0v) is 8.38. The number of carboxylic acids is 1. The Balaban J connectivity index is 3.30. The summed E-state index contributed by atoms with van der Waals surface area (Å²) >= 11 is 0. The van der Waals surface area contributed by atoms with Gasteiger partial charge in [-0.3, -0.25) is 4.79 Å². The molecule has 0 aliphatic carbocycles. The van der Waals surface area contributed by atoms with Gasteiger partial charge in [-0.25, -0.2) is 0 Å². The summed E-state index contributed by atoms with van der Waals surface area (Å²) in [5.41, 5.74) is 4.25. The summed E-state index contributed by atoms with van der Waals surface area (Å²) in [6.07, 6.45) is -4.50. The Morgan fingerprint density at radius 1 is 1.44 bits per heavy atom. The third-order valence-corrected chi connectivity index (χ3v) is 2.28. The molecule has 0 radical (unpaired) electrons. The number of benzene rings is 1. The Morgan fingerprint density at radius 2 is 2.00 bits per heavy atom. The topological polar surface area (TPSA) is 63.3 Å². The van der Waals surface area contributed by atoms with Crippen LogP contribution in [-0.4, -0.2) is 11.1 Å². The molecule has 0 unspecified atom stereocenters. The van der Waals surface area contributed by atoms with Crippen LogP contribution in [0.25, 0.3) is 0 Å². The van der Waals surface area contributed by atoms with E-state index in [0.29, 0.717) is 0 Å². The van der Waals surface area contributed by atoms with Crippen LogP contribution in [0.5, 0.6) is 0 Å². The van der Waals surface area contributed by atoms with Crippen molar-refractivity contribution >= 4 is 5.97 Å². The molecule has 0 spiro atoms. The minimum absolute atomic E-state index is 0.0256. The van der Waals surface area contributed by atoms with Crippen LogP contribution in [0.2, 0.25) is 0 Å². The zero-order chi connectivity index (χ0) is 12.5. The SMILES string of the molecule is Cc1c([C@@H](N)C(=O)O)cccc1C(F)(F)F. The van der Waals surface area contributed by atoms with Gasteiger partial charge >= 0.3 is 12.1 Å². The molecule has 16 heavy (non-hydrogen) atoms. The van der Waals surface area contributed by atoms with Crippen molar-refractivity contribution in [3.63, 3.8) is 0 Å². The number of carboxylic acid groups (broad SMARTS) is 1. The Bertz CT molecular complexity index is 415. The highest BCUT2D eigenvalue weighted by molar-refractivity contribution is 5.76. The molecular weight excluding hydrogens is 223 g/mol. The summed E-state index contributed by atoms with van der Waals surface area (Å²) in [6.45, 7) is 1.21. The first-order chi connectivity index (χ1) is 7.25. The summed E-state index contributed by atoms with van der Waals surface area (Å²) < 4.78 is 37.5. The minimum atomic E-state index is -4.50. The summed E-state index contributed by atoms with van der Waals surface area (Å²) in [5.74, 6) is -1.36. The summed E-state index contributed by atoms with van der Waals surface area (Å²) in [7, 11) is 0. The molecule has 0 bridgehead atoms. The van der Waals surface area contributed by atoms with Crippen LogP contribution in [-0.2, 0) is 11.0 Å². The second-order valence-electron chi connectivity index (χ2n) is 3.33. The average molecular weight is 233 g/mol. The fourth-order valence-electron chi connectivity index (χ4n) is 1.43. The van der Waals surface area contributed by atoms with E-state index in [-0.39, 0.29) is 11.1 Å². The molecule has 88 valence electrons. The Labute approximate surface area is 89.7 Å². The van der Waals surface area contributed by atoms with Crippen LogP contribution >= 0.6 is 0 Å². The lowest BCUT2D eigenvalue weighted by atomic mass is 9.97. The zero-order valence-electron chi connectivity index (χ0n) is 8.38. The van der Waals surface area contributed by atoms with Crippen molar-refractivity contribution in [3.05, 3.63) is 34.9 Å². The number of alkyl halides is 3. The van der Waals surface area contributed by atoms with E-state index in [1.807, 2.05) is 0 Å². The van der Waals surface area contributed by atoms with Crippen molar-refractivity contribution in [2.75, 3.05) is 0 Å². The number of hydrogen-bond acceptors (Lipinski definition) is 2. The normalized spacial score (nSPS) is 13.6. The highest BCUT2D eigenvalue weighted by Crippen LogP contribution is 2.34. The van der Waals surface area contributed by atoms with Crippen molar-refractivity contribution in [3.8, 4) is 0 Å². The highest BCUT2D eigenvalue weighted by atomic mass is 19.4. The molecule has 3 nitrogen and oxygen atoms in total. The van der Waals surface area contributed by atoms with E-state index in [1.165, 1.54) is 13.0 Å². The Hall–Kier alpha value is -1.56. The van der Waals surface area contributed by atoms with Crippen LogP contribution < -0.4 is 5.73 Å². The molecule has 1 aromatic rings. The average Bonchev–Trinajstić information content (AvgIpc) is 2.15. The van der Waals surface area contributed by atoms with Crippen molar-refractivity contribution in [2.24, 2.45) is 5.73 Å². The van der Waals surface area contributed by atoms with Crippen molar-refractivity contribution in [1.29, 1.82) is 0 Å². The van der Waals surface area contributed by atoms with Gasteiger partial charge in [-0.05, 0) is 24.1 Å². The molecule has 0 saturated heterocycles. The summed E-state index contributed by atoms with van der Waals surface area (Å²) in [6, 6.07) is 1.88. The van der Waals surface area contributed by atoms with Gasteiger partial charge in [0.05, 0.1) is 5.56 Å². The van der Waals surface area contributed by atoms with E-state index in [2.05, 4.69) is 0 Å². The minimum Gasteiger partial charge on any atom is -0.480 e. The van der Waals surface area contributed by atoms with Gasteiger partial charge in [-0.1, -0.05) is 12.1 Å². The fraction of sp³-hybridized carbons (Fsp3) is 0.300. The number of nitrogens with two attached hydrogens (primary N) is 1. The maximum Gasteiger partial charge on any atom is 0.416 e. The monoisotopic (exact) mass is 233 g/mol. The van der Waals surface area contributed by atoms with E-state index in [9.17, 15) is 18.0 Å². The summed E-state index contributed by atoms with van der Waals surface area (Å²) in [5, 5.41) is 8.65. The molecule has 0 fully saturated rings. The largest absolute Gasteiger partial charge is 0.480 e. The van der Waals surface area contributed by atoms with Crippen molar-refractivity contribution < 1.29 is 23.1 Å². The highest BCUT2D eigenvalue weighted by Gasteiger charge is 2.33. The van der Waals surface area contributed by atoms with E-state index >= 15 is 0 Å². The van der Waals surface area contributed by atoms with Crippen molar-refractivity contribution in [1.82, 2.24) is 0 Å². The number of hydrogen-bond donors (Lipinski definition) is 2. The van der Waals surface area contributed by atoms with Crippen molar-refractivity contribution in [2.45, 2.75) is 19.1 Å². The van der Waals surface area contributed by atoms with Gasteiger partial charge in [-0.15, -0.1) is 0 Å². The quantitative estimate of drug-likeness (QED) is 0.822. The molecular formula is C10H10F3NO2. The van der Waals surface area contributed by atoms with Gasteiger partial charge in [0, 0.05) is 0 Å². The molecule has 3 N–H and O–H groups in total. The van der Waals surface area contributed by atoms with Crippen LogP contribution in [0.1, 0.15) is 22.7 Å². The lowest BCUT2D eigenvalue weighted by molar-refractivity contribution is -0.140. The molecule has 6 heteroatoms. The van der Waals surface area contributed by atoms with Gasteiger partial charge in [0.2, 0.25) is 0 Å². The lowest BCUT2D eigenvalue weighted by Gasteiger charge is -2.15.